The molecule has 0 atom stereocenters. The van der Waals surface area contributed by atoms with E-state index in [-0.39, 0.29) is 11.5 Å². The molecule has 0 spiro atoms. The molecule has 1 amide bonds. The maximum absolute atomic E-state index is 14.5. The van der Waals surface area contributed by atoms with E-state index in [4.69, 9.17) is 0 Å². The fourth-order valence-electron chi connectivity index (χ4n) is 3.91. The molecule has 1 N–H and O–H groups in total. The van der Waals surface area contributed by atoms with Gasteiger partial charge >= 0.3 is 0 Å². The fraction of sp³-hybridized carbons (Fsp3) is 0.208. The van der Waals surface area contributed by atoms with Gasteiger partial charge < -0.3 is 9.88 Å². The molecule has 0 radical (unpaired) electrons. The Morgan fingerprint density at radius 3 is 2.72 bits per heavy atom. The van der Waals surface area contributed by atoms with Crippen LogP contribution >= 0.6 is 11.3 Å². The first-order valence-corrected chi connectivity index (χ1v) is 11.3. The number of carbonyl (C=O) groups excluding carboxylic acids is 1. The molecule has 0 unspecified atom stereocenters. The minimum Gasteiger partial charge on any atom is -0.319 e. The summed E-state index contributed by atoms with van der Waals surface area (Å²) in [6, 6.07) is 14.2. The summed E-state index contributed by atoms with van der Waals surface area (Å²) < 4.78 is 30.6. The van der Waals surface area contributed by atoms with Gasteiger partial charge in [-0.3, -0.25) is 4.79 Å². The van der Waals surface area contributed by atoms with Gasteiger partial charge in [-0.25, -0.2) is 8.78 Å². The molecule has 2 aromatic carbocycles. The summed E-state index contributed by atoms with van der Waals surface area (Å²) in [4.78, 5) is 13.8. The number of aryl methyl sites for hydroxylation is 1. The minimum absolute atomic E-state index is 0.0688. The molecule has 5 nitrogen and oxygen atoms in total. The van der Waals surface area contributed by atoms with Gasteiger partial charge in [0, 0.05) is 29.0 Å². The Morgan fingerprint density at radius 2 is 1.84 bits per heavy atom. The smallest absolute Gasteiger partial charge is 0.265 e. The Kier molecular flexibility index (Phi) is 5.53. The van der Waals surface area contributed by atoms with Crippen LogP contribution in [0.5, 0.6) is 0 Å². The molecule has 0 fully saturated rings. The number of hydrogen-bond acceptors (Lipinski definition) is 4. The van der Waals surface area contributed by atoms with Gasteiger partial charge in [0.15, 0.2) is 5.82 Å². The third-order valence-corrected chi connectivity index (χ3v) is 6.67. The lowest BCUT2D eigenvalue weighted by atomic mass is 10.1. The van der Waals surface area contributed by atoms with E-state index in [2.05, 4.69) is 20.1 Å². The van der Waals surface area contributed by atoms with Crippen LogP contribution in [-0.4, -0.2) is 20.7 Å². The van der Waals surface area contributed by atoms with Crippen molar-refractivity contribution < 1.29 is 13.6 Å². The highest BCUT2D eigenvalue weighted by Gasteiger charge is 2.19. The van der Waals surface area contributed by atoms with Crippen molar-refractivity contribution in [3.63, 3.8) is 0 Å². The normalized spacial score (nSPS) is 13.4. The van der Waals surface area contributed by atoms with Crippen LogP contribution in [0.25, 0.3) is 21.8 Å². The Hall–Kier alpha value is -3.39. The summed E-state index contributed by atoms with van der Waals surface area (Å²) >= 11 is 1.16. The highest BCUT2D eigenvalue weighted by Crippen LogP contribution is 2.31. The zero-order valence-corrected chi connectivity index (χ0v) is 18.0. The third kappa shape index (κ3) is 3.93. The number of carbonyl (C=O) groups is 1. The van der Waals surface area contributed by atoms with E-state index < -0.39 is 11.7 Å². The van der Waals surface area contributed by atoms with Crippen molar-refractivity contribution in [2.45, 2.75) is 32.2 Å². The predicted molar refractivity (Wildman–Crippen MR) is 121 cm³/mol. The van der Waals surface area contributed by atoms with E-state index in [9.17, 15) is 13.6 Å². The molecule has 1 aliphatic rings. The number of amides is 1. The molecule has 1 aliphatic heterocycles. The van der Waals surface area contributed by atoms with E-state index in [0.717, 1.165) is 49.4 Å². The lowest BCUT2D eigenvalue weighted by Crippen LogP contribution is -2.11. The first-order valence-electron chi connectivity index (χ1n) is 10.5. The number of nitrogens with one attached hydrogen (secondary N) is 1. The summed E-state index contributed by atoms with van der Waals surface area (Å²) in [5.74, 6) is 0.270. The molecule has 162 valence electrons. The fourth-order valence-corrected chi connectivity index (χ4v) is 4.84. The van der Waals surface area contributed by atoms with Crippen molar-refractivity contribution >= 4 is 22.9 Å². The van der Waals surface area contributed by atoms with E-state index in [1.165, 1.54) is 12.1 Å². The minimum atomic E-state index is -0.538. The largest absolute Gasteiger partial charge is 0.319 e. The molecule has 0 saturated carbocycles. The van der Waals surface area contributed by atoms with E-state index in [0.29, 0.717) is 26.7 Å². The molecule has 0 bridgehead atoms. The zero-order chi connectivity index (χ0) is 22.1. The monoisotopic (exact) mass is 450 g/mol. The molecule has 5 rings (SSSR count). The number of thiophene rings is 1. The SMILES string of the molecule is O=C(Nc1cc(-c2nnc3n2CCCCC3)ccc1F)c1ccc(-c2ccccc2F)s1. The summed E-state index contributed by atoms with van der Waals surface area (Å²) in [7, 11) is 0. The topological polar surface area (TPSA) is 59.8 Å². The number of nitrogens with zero attached hydrogens (tertiary/aromatic N) is 3. The van der Waals surface area contributed by atoms with Crippen molar-refractivity contribution in [2.24, 2.45) is 0 Å². The molecular weight excluding hydrogens is 430 g/mol. The molecule has 0 saturated heterocycles. The molecular formula is C24H20F2N4OS. The number of halogens is 2. The van der Waals surface area contributed by atoms with Crippen LogP contribution in [0.1, 0.15) is 34.8 Å². The van der Waals surface area contributed by atoms with Gasteiger partial charge in [0.2, 0.25) is 0 Å². The van der Waals surface area contributed by atoms with Crippen molar-refractivity contribution in [1.29, 1.82) is 0 Å². The molecule has 0 aliphatic carbocycles. The number of aromatic nitrogens is 3. The maximum Gasteiger partial charge on any atom is 0.265 e. The Morgan fingerprint density at radius 1 is 0.969 bits per heavy atom. The second-order valence-corrected chi connectivity index (χ2v) is 8.78. The zero-order valence-electron chi connectivity index (χ0n) is 17.1. The van der Waals surface area contributed by atoms with Crippen LogP contribution < -0.4 is 5.32 Å². The quantitative estimate of drug-likeness (QED) is 0.419. The van der Waals surface area contributed by atoms with E-state index in [1.807, 2.05) is 0 Å². The van der Waals surface area contributed by atoms with Crippen LogP contribution in [0.3, 0.4) is 0 Å². The van der Waals surface area contributed by atoms with Gasteiger partial charge in [-0.05, 0) is 49.2 Å². The van der Waals surface area contributed by atoms with Crippen LogP contribution in [0.2, 0.25) is 0 Å². The Balaban J connectivity index is 1.40. The highest BCUT2D eigenvalue weighted by atomic mass is 32.1. The maximum atomic E-state index is 14.5. The molecule has 4 aromatic rings. The number of anilines is 1. The van der Waals surface area contributed by atoms with Crippen LogP contribution in [0.4, 0.5) is 14.5 Å². The predicted octanol–water partition coefficient (Wildman–Crippen LogP) is 5.93. The van der Waals surface area contributed by atoms with Gasteiger partial charge in [0.25, 0.3) is 5.91 Å². The first kappa shape index (κ1) is 20.5. The molecule has 32 heavy (non-hydrogen) atoms. The number of hydrogen-bond donors (Lipinski definition) is 1. The Labute approximate surface area is 187 Å². The van der Waals surface area contributed by atoms with E-state index >= 15 is 0 Å². The van der Waals surface area contributed by atoms with Crippen molar-refractivity contribution in [1.82, 2.24) is 14.8 Å². The highest BCUT2D eigenvalue weighted by molar-refractivity contribution is 7.17. The standard InChI is InChI=1S/C24H20F2N4OS/c25-17-7-4-3-6-16(17)20-11-12-21(32-20)24(31)27-19-14-15(9-10-18(19)26)23-29-28-22-8-2-1-5-13-30(22)23/h3-4,6-7,9-12,14H,1-2,5,8,13H2,(H,27,31). The van der Waals surface area contributed by atoms with Gasteiger partial charge in [-0.15, -0.1) is 21.5 Å². The summed E-state index contributed by atoms with van der Waals surface area (Å²) in [6.45, 7) is 0.824. The average Bonchev–Trinajstić information content (AvgIpc) is 3.37. The lowest BCUT2D eigenvalue weighted by molar-refractivity contribution is 0.103. The average molecular weight is 451 g/mol. The molecule has 3 heterocycles. The molecule has 2 aromatic heterocycles. The summed E-state index contributed by atoms with van der Waals surface area (Å²) in [5, 5.41) is 11.2. The van der Waals surface area contributed by atoms with Crippen LogP contribution in [0.15, 0.2) is 54.6 Å². The van der Waals surface area contributed by atoms with Gasteiger partial charge in [0.05, 0.1) is 10.6 Å². The van der Waals surface area contributed by atoms with Gasteiger partial charge in [-0.1, -0.05) is 24.6 Å². The van der Waals surface area contributed by atoms with Crippen molar-refractivity contribution in [3.05, 3.63) is 76.9 Å². The number of fused-ring (bicyclic) bond motifs is 1. The molecule has 8 heteroatoms. The van der Waals surface area contributed by atoms with Crippen molar-refractivity contribution in [2.75, 3.05) is 5.32 Å². The second kappa shape index (κ2) is 8.63. The van der Waals surface area contributed by atoms with E-state index in [1.54, 1.807) is 42.5 Å². The summed E-state index contributed by atoms with van der Waals surface area (Å²) in [6.07, 6.45) is 4.15. The van der Waals surface area contributed by atoms with Crippen LogP contribution in [-0.2, 0) is 13.0 Å². The van der Waals surface area contributed by atoms with Crippen LogP contribution in [0, 0.1) is 11.6 Å². The third-order valence-electron chi connectivity index (χ3n) is 5.55. The summed E-state index contributed by atoms with van der Waals surface area (Å²) in [5.41, 5.74) is 1.19. The number of rotatable bonds is 4. The lowest BCUT2D eigenvalue weighted by Gasteiger charge is -2.10. The Bertz CT molecular complexity index is 1300. The first-order chi connectivity index (χ1) is 15.6. The van der Waals surface area contributed by atoms with Crippen molar-refractivity contribution in [3.8, 4) is 21.8 Å². The van der Waals surface area contributed by atoms with Gasteiger partial charge in [0.1, 0.15) is 17.5 Å². The van der Waals surface area contributed by atoms with Gasteiger partial charge in [-0.2, -0.15) is 0 Å². The number of benzene rings is 2. The second-order valence-electron chi connectivity index (χ2n) is 7.69.